The summed E-state index contributed by atoms with van der Waals surface area (Å²) in [6, 6.07) is 4.89. The first-order valence-corrected chi connectivity index (χ1v) is 6.85. The minimum absolute atomic E-state index is 0.0931. The number of hydrogen-bond donors (Lipinski definition) is 2. The fraction of sp³-hybridized carbons (Fsp3) is 0.462. The monoisotopic (exact) mass is 314 g/mol. The maximum Gasteiger partial charge on any atom is 0.254 e. The molecule has 0 bridgehead atoms. The molecule has 2 atom stereocenters. The molecule has 1 amide bonds. The average molecular weight is 315 g/mol. The molecule has 2 N–H and O–H groups in total. The van der Waals surface area contributed by atoms with Crippen LogP contribution in [-0.2, 0) is 0 Å². The van der Waals surface area contributed by atoms with E-state index >= 15 is 0 Å². The van der Waals surface area contributed by atoms with Crippen molar-refractivity contribution in [3.63, 3.8) is 0 Å². The number of benzene rings is 1. The third-order valence-electron chi connectivity index (χ3n) is 3.13. The standard InChI is InChI=1S/C13H16BrFN2O/c1-8-6-10(4-5-16-8)17-13(18)11-7-9(14)2-3-12(11)15/h2-3,7-8,10,16H,4-6H2,1H3,(H,17,18). The lowest BCUT2D eigenvalue weighted by Gasteiger charge is -2.28. The lowest BCUT2D eigenvalue weighted by atomic mass is 10.0. The molecule has 1 aromatic carbocycles. The van der Waals surface area contributed by atoms with Gasteiger partial charge in [0.15, 0.2) is 0 Å². The van der Waals surface area contributed by atoms with Crippen molar-refractivity contribution >= 4 is 21.8 Å². The van der Waals surface area contributed by atoms with Crippen LogP contribution in [0.2, 0.25) is 0 Å². The van der Waals surface area contributed by atoms with Gasteiger partial charge < -0.3 is 10.6 Å². The van der Waals surface area contributed by atoms with Gasteiger partial charge in [0.2, 0.25) is 0 Å². The summed E-state index contributed by atoms with van der Waals surface area (Å²) in [6.07, 6.45) is 1.76. The van der Waals surface area contributed by atoms with E-state index in [4.69, 9.17) is 0 Å². The third kappa shape index (κ3) is 3.29. The molecule has 2 rings (SSSR count). The van der Waals surface area contributed by atoms with Crippen LogP contribution in [0.1, 0.15) is 30.1 Å². The highest BCUT2D eigenvalue weighted by Gasteiger charge is 2.21. The van der Waals surface area contributed by atoms with E-state index < -0.39 is 5.82 Å². The molecule has 98 valence electrons. The molecule has 1 aliphatic heterocycles. The molecule has 2 unspecified atom stereocenters. The molecule has 0 aromatic heterocycles. The number of piperidine rings is 1. The lowest BCUT2D eigenvalue weighted by molar-refractivity contribution is 0.0921. The zero-order valence-electron chi connectivity index (χ0n) is 10.2. The average Bonchev–Trinajstić information content (AvgIpc) is 2.32. The van der Waals surface area contributed by atoms with E-state index in [1.165, 1.54) is 12.1 Å². The highest BCUT2D eigenvalue weighted by atomic mass is 79.9. The summed E-state index contributed by atoms with van der Waals surface area (Å²) in [7, 11) is 0. The van der Waals surface area contributed by atoms with E-state index in [1.54, 1.807) is 6.07 Å². The Balaban J connectivity index is 2.05. The SMILES string of the molecule is CC1CC(NC(=O)c2cc(Br)ccc2F)CCN1. The van der Waals surface area contributed by atoms with E-state index in [2.05, 4.69) is 33.5 Å². The van der Waals surface area contributed by atoms with Crippen LogP contribution in [0, 0.1) is 5.82 Å². The van der Waals surface area contributed by atoms with E-state index in [9.17, 15) is 9.18 Å². The fourth-order valence-corrected chi connectivity index (χ4v) is 2.56. The minimum Gasteiger partial charge on any atom is -0.349 e. The smallest absolute Gasteiger partial charge is 0.254 e. The molecule has 1 heterocycles. The Morgan fingerprint density at radius 3 is 3.06 bits per heavy atom. The summed E-state index contributed by atoms with van der Waals surface area (Å²) in [5.41, 5.74) is 0.0931. The summed E-state index contributed by atoms with van der Waals surface area (Å²) in [5.74, 6) is -0.828. The molecule has 0 radical (unpaired) electrons. The first-order valence-electron chi connectivity index (χ1n) is 6.05. The van der Waals surface area contributed by atoms with Gasteiger partial charge in [-0.25, -0.2) is 4.39 Å². The summed E-state index contributed by atoms with van der Waals surface area (Å²) >= 11 is 3.24. The zero-order chi connectivity index (χ0) is 13.1. The number of amides is 1. The molecule has 18 heavy (non-hydrogen) atoms. The van der Waals surface area contributed by atoms with E-state index in [-0.39, 0.29) is 17.5 Å². The molecule has 0 saturated carbocycles. The van der Waals surface area contributed by atoms with Gasteiger partial charge in [-0.2, -0.15) is 0 Å². The van der Waals surface area contributed by atoms with Gasteiger partial charge >= 0.3 is 0 Å². The quantitative estimate of drug-likeness (QED) is 0.880. The van der Waals surface area contributed by atoms with Crippen LogP contribution in [0.15, 0.2) is 22.7 Å². The van der Waals surface area contributed by atoms with E-state index in [0.29, 0.717) is 10.5 Å². The van der Waals surface area contributed by atoms with Gasteiger partial charge in [0.1, 0.15) is 5.82 Å². The maximum absolute atomic E-state index is 13.6. The van der Waals surface area contributed by atoms with Crippen LogP contribution >= 0.6 is 15.9 Å². The summed E-state index contributed by atoms with van der Waals surface area (Å²) in [5, 5.41) is 6.21. The lowest BCUT2D eigenvalue weighted by Crippen LogP contribution is -2.46. The van der Waals surface area contributed by atoms with Gasteiger partial charge in [-0.1, -0.05) is 15.9 Å². The van der Waals surface area contributed by atoms with Crippen LogP contribution in [0.3, 0.4) is 0 Å². The van der Waals surface area contributed by atoms with Gasteiger partial charge in [-0.15, -0.1) is 0 Å². The normalized spacial score (nSPS) is 23.7. The number of halogens is 2. The topological polar surface area (TPSA) is 41.1 Å². The Kier molecular flexibility index (Phi) is 4.35. The molecular formula is C13H16BrFN2O. The van der Waals surface area contributed by atoms with Gasteiger partial charge in [0.05, 0.1) is 5.56 Å². The predicted molar refractivity (Wildman–Crippen MR) is 72.1 cm³/mol. The van der Waals surface area contributed by atoms with E-state index in [1.807, 2.05) is 0 Å². The van der Waals surface area contributed by atoms with Gasteiger partial charge in [-0.3, -0.25) is 4.79 Å². The minimum atomic E-state index is -0.488. The molecule has 0 spiro atoms. The predicted octanol–water partition coefficient (Wildman–Crippen LogP) is 2.46. The van der Waals surface area contributed by atoms with Gasteiger partial charge in [0.25, 0.3) is 5.91 Å². The molecule has 3 nitrogen and oxygen atoms in total. The Bertz CT molecular complexity index is 453. The summed E-state index contributed by atoms with van der Waals surface area (Å²) in [6.45, 7) is 2.96. The molecule has 5 heteroatoms. The van der Waals surface area contributed by atoms with Gasteiger partial charge in [0, 0.05) is 16.6 Å². The molecule has 1 aromatic rings. The fourth-order valence-electron chi connectivity index (χ4n) is 2.20. The highest BCUT2D eigenvalue weighted by Crippen LogP contribution is 2.16. The molecule has 1 saturated heterocycles. The van der Waals surface area contributed by atoms with Crippen LogP contribution in [-0.4, -0.2) is 24.5 Å². The number of nitrogens with one attached hydrogen (secondary N) is 2. The van der Waals surface area contributed by atoms with Crippen molar-refractivity contribution in [2.24, 2.45) is 0 Å². The Labute approximate surface area is 114 Å². The van der Waals surface area contributed by atoms with Gasteiger partial charge in [-0.05, 0) is 44.5 Å². The van der Waals surface area contributed by atoms with E-state index in [0.717, 1.165) is 19.4 Å². The van der Waals surface area contributed by atoms with Crippen molar-refractivity contribution in [1.29, 1.82) is 0 Å². The Morgan fingerprint density at radius 1 is 1.56 bits per heavy atom. The van der Waals surface area contributed by atoms with Crippen molar-refractivity contribution in [3.05, 3.63) is 34.1 Å². The third-order valence-corrected chi connectivity index (χ3v) is 3.63. The number of carbonyl (C=O) groups is 1. The number of carbonyl (C=O) groups excluding carboxylic acids is 1. The van der Waals surface area contributed by atoms with Crippen molar-refractivity contribution in [3.8, 4) is 0 Å². The van der Waals surface area contributed by atoms with Crippen molar-refractivity contribution in [1.82, 2.24) is 10.6 Å². The molecule has 0 aliphatic carbocycles. The largest absolute Gasteiger partial charge is 0.349 e. The van der Waals surface area contributed by atoms with Crippen LogP contribution < -0.4 is 10.6 Å². The second-order valence-electron chi connectivity index (χ2n) is 4.67. The second kappa shape index (κ2) is 5.80. The maximum atomic E-state index is 13.6. The second-order valence-corrected chi connectivity index (χ2v) is 5.59. The molecular weight excluding hydrogens is 299 g/mol. The molecule has 1 aliphatic rings. The van der Waals surface area contributed by atoms with Crippen molar-refractivity contribution in [2.75, 3.05) is 6.54 Å². The first-order chi connectivity index (χ1) is 8.56. The molecule has 1 fully saturated rings. The highest BCUT2D eigenvalue weighted by molar-refractivity contribution is 9.10. The number of hydrogen-bond acceptors (Lipinski definition) is 2. The van der Waals surface area contributed by atoms with Crippen LogP contribution in [0.25, 0.3) is 0 Å². The number of rotatable bonds is 2. The van der Waals surface area contributed by atoms with Crippen LogP contribution in [0.5, 0.6) is 0 Å². The Morgan fingerprint density at radius 2 is 2.33 bits per heavy atom. The van der Waals surface area contributed by atoms with Crippen molar-refractivity contribution in [2.45, 2.75) is 31.8 Å². The Hall–Kier alpha value is -0.940. The van der Waals surface area contributed by atoms with Crippen LogP contribution in [0.4, 0.5) is 4.39 Å². The summed E-state index contributed by atoms with van der Waals surface area (Å²) < 4.78 is 14.3. The first kappa shape index (κ1) is 13.5. The summed E-state index contributed by atoms with van der Waals surface area (Å²) in [4.78, 5) is 12.0. The zero-order valence-corrected chi connectivity index (χ0v) is 11.8. The van der Waals surface area contributed by atoms with Crippen molar-refractivity contribution < 1.29 is 9.18 Å².